The number of hydrogen-bond acceptors (Lipinski definition) is 3. The van der Waals surface area contributed by atoms with E-state index in [4.69, 9.17) is 11.6 Å². The minimum atomic E-state index is 0.297. The molecule has 0 radical (unpaired) electrons. The molecule has 0 bridgehead atoms. The Morgan fingerprint density at radius 3 is 2.76 bits per heavy atom. The molecule has 0 aliphatic carbocycles. The van der Waals surface area contributed by atoms with Crippen molar-refractivity contribution in [3.05, 3.63) is 28.8 Å². The summed E-state index contributed by atoms with van der Waals surface area (Å²) in [5.41, 5.74) is 0.842. The number of aromatic hydroxyl groups is 1. The fourth-order valence-corrected chi connectivity index (χ4v) is 2.35. The standard InChI is InChI=1S/C13H19ClN2O/c1-2-6-16(10-7-15-8-10)9-11-12(14)4-3-5-13(11)17/h3-5,10,15,17H,2,6-9H2,1H3. The van der Waals surface area contributed by atoms with Crippen molar-refractivity contribution < 1.29 is 5.11 Å². The molecular formula is C13H19ClN2O. The highest BCUT2D eigenvalue weighted by molar-refractivity contribution is 6.31. The van der Waals surface area contributed by atoms with Crippen LogP contribution in [0.15, 0.2) is 18.2 Å². The van der Waals surface area contributed by atoms with E-state index in [0.29, 0.717) is 16.8 Å². The van der Waals surface area contributed by atoms with E-state index in [9.17, 15) is 5.11 Å². The predicted molar refractivity (Wildman–Crippen MR) is 70.5 cm³/mol. The van der Waals surface area contributed by atoms with E-state index >= 15 is 0 Å². The van der Waals surface area contributed by atoms with E-state index in [1.54, 1.807) is 12.1 Å². The van der Waals surface area contributed by atoms with Gasteiger partial charge in [-0.3, -0.25) is 4.90 Å². The van der Waals surface area contributed by atoms with Crippen molar-refractivity contribution in [1.82, 2.24) is 10.2 Å². The van der Waals surface area contributed by atoms with Crippen molar-refractivity contribution in [2.24, 2.45) is 0 Å². The molecule has 1 saturated heterocycles. The van der Waals surface area contributed by atoms with Crippen LogP contribution in [0.5, 0.6) is 5.75 Å². The van der Waals surface area contributed by atoms with Gasteiger partial charge in [0.25, 0.3) is 0 Å². The van der Waals surface area contributed by atoms with Gasteiger partial charge < -0.3 is 10.4 Å². The molecule has 2 rings (SSSR count). The lowest BCUT2D eigenvalue weighted by atomic mass is 10.1. The first kappa shape index (κ1) is 12.7. The number of benzene rings is 1. The van der Waals surface area contributed by atoms with Crippen LogP contribution < -0.4 is 5.32 Å². The van der Waals surface area contributed by atoms with Crippen molar-refractivity contribution in [2.75, 3.05) is 19.6 Å². The van der Waals surface area contributed by atoms with Gasteiger partial charge in [0.2, 0.25) is 0 Å². The van der Waals surface area contributed by atoms with Crippen LogP contribution in [-0.2, 0) is 6.54 Å². The van der Waals surface area contributed by atoms with Crippen molar-refractivity contribution >= 4 is 11.6 Å². The molecule has 0 amide bonds. The monoisotopic (exact) mass is 254 g/mol. The molecule has 4 heteroatoms. The third-order valence-electron chi connectivity index (χ3n) is 3.24. The number of rotatable bonds is 5. The van der Waals surface area contributed by atoms with Gasteiger partial charge in [-0.2, -0.15) is 0 Å². The Morgan fingerprint density at radius 1 is 1.47 bits per heavy atom. The quantitative estimate of drug-likeness (QED) is 0.846. The molecule has 1 aliphatic rings. The Morgan fingerprint density at radius 2 is 2.24 bits per heavy atom. The van der Waals surface area contributed by atoms with E-state index in [1.807, 2.05) is 6.07 Å². The second-order valence-electron chi connectivity index (χ2n) is 4.52. The number of phenols is 1. The average Bonchev–Trinajstić information content (AvgIpc) is 2.21. The normalized spacial score (nSPS) is 16.2. The molecular weight excluding hydrogens is 236 g/mol. The fraction of sp³-hybridized carbons (Fsp3) is 0.538. The lowest BCUT2D eigenvalue weighted by Crippen LogP contribution is -2.57. The Balaban J connectivity index is 2.10. The van der Waals surface area contributed by atoms with Crippen LogP contribution in [0.2, 0.25) is 5.02 Å². The van der Waals surface area contributed by atoms with Gasteiger partial charge in [-0.05, 0) is 25.1 Å². The lowest BCUT2D eigenvalue weighted by molar-refractivity contribution is 0.136. The topological polar surface area (TPSA) is 35.5 Å². The molecule has 1 heterocycles. The van der Waals surface area contributed by atoms with Gasteiger partial charge in [0.15, 0.2) is 0 Å². The summed E-state index contributed by atoms with van der Waals surface area (Å²) in [6.45, 7) is 6.00. The van der Waals surface area contributed by atoms with Gasteiger partial charge in [-0.25, -0.2) is 0 Å². The van der Waals surface area contributed by atoms with Gasteiger partial charge in [-0.15, -0.1) is 0 Å². The zero-order chi connectivity index (χ0) is 12.3. The molecule has 0 atom stereocenters. The largest absolute Gasteiger partial charge is 0.508 e. The van der Waals surface area contributed by atoms with Crippen molar-refractivity contribution in [1.29, 1.82) is 0 Å². The predicted octanol–water partition coefficient (Wildman–Crippen LogP) is 2.23. The van der Waals surface area contributed by atoms with E-state index in [2.05, 4.69) is 17.1 Å². The van der Waals surface area contributed by atoms with Crippen LogP contribution in [0, 0.1) is 0 Å². The lowest BCUT2D eigenvalue weighted by Gasteiger charge is -2.38. The van der Waals surface area contributed by atoms with Crippen LogP contribution in [0.4, 0.5) is 0 Å². The Hall–Kier alpha value is -0.770. The van der Waals surface area contributed by atoms with Gasteiger partial charge in [0.1, 0.15) is 5.75 Å². The number of nitrogens with zero attached hydrogens (tertiary/aromatic N) is 1. The highest BCUT2D eigenvalue weighted by atomic mass is 35.5. The second kappa shape index (κ2) is 5.71. The van der Waals surface area contributed by atoms with Gasteiger partial charge in [0, 0.05) is 36.3 Å². The number of phenolic OH excluding ortho intramolecular Hbond substituents is 1. The molecule has 0 saturated carbocycles. The Bertz CT molecular complexity index is 359. The molecule has 0 unspecified atom stereocenters. The first-order valence-corrected chi connectivity index (χ1v) is 6.51. The number of hydrogen-bond donors (Lipinski definition) is 2. The first-order valence-electron chi connectivity index (χ1n) is 6.13. The third-order valence-corrected chi connectivity index (χ3v) is 3.60. The van der Waals surface area contributed by atoms with Gasteiger partial charge in [0.05, 0.1) is 0 Å². The summed E-state index contributed by atoms with van der Waals surface area (Å²) in [5.74, 6) is 0.297. The highest BCUT2D eigenvalue weighted by Crippen LogP contribution is 2.27. The first-order chi connectivity index (χ1) is 8.22. The molecule has 3 nitrogen and oxygen atoms in total. The third kappa shape index (κ3) is 2.92. The summed E-state index contributed by atoms with van der Waals surface area (Å²) in [5, 5.41) is 13.8. The smallest absolute Gasteiger partial charge is 0.121 e. The van der Waals surface area contributed by atoms with Crippen LogP contribution in [0.3, 0.4) is 0 Å². The maximum atomic E-state index is 9.85. The summed E-state index contributed by atoms with van der Waals surface area (Å²) in [6, 6.07) is 5.88. The molecule has 0 aromatic heterocycles. The van der Waals surface area contributed by atoms with Crippen LogP contribution in [0.25, 0.3) is 0 Å². The molecule has 17 heavy (non-hydrogen) atoms. The molecule has 94 valence electrons. The van der Waals surface area contributed by atoms with Crippen LogP contribution in [0.1, 0.15) is 18.9 Å². The van der Waals surface area contributed by atoms with E-state index in [-0.39, 0.29) is 0 Å². The van der Waals surface area contributed by atoms with Gasteiger partial charge in [-0.1, -0.05) is 24.6 Å². The van der Waals surface area contributed by atoms with Crippen LogP contribution >= 0.6 is 11.6 Å². The zero-order valence-electron chi connectivity index (χ0n) is 10.1. The van der Waals surface area contributed by atoms with E-state index in [0.717, 1.165) is 38.2 Å². The molecule has 2 N–H and O–H groups in total. The summed E-state index contributed by atoms with van der Waals surface area (Å²) in [6.07, 6.45) is 1.11. The Labute approximate surface area is 107 Å². The molecule has 1 aliphatic heterocycles. The van der Waals surface area contributed by atoms with Crippen molar-refractivity contribution in [3.63, 3.8) is 0 Å². The average molecular weight is 255 g/mol. The zero-order valence-corrected chi connectivity index (χ0v) is 10.9. The SMILES string of the molecule is CCCN(Cc1c(O)cccc1Cl)C1CNC1. The second-order valence-corrected chi connectivity index (χ2v) is 4.93. The molecule has 1 aromatic rings. The summed E-state index contributed by atoms with van der Waals surface area (Å²) in [4.78, 5) is 2.39. The van der Waals surface area contributed by atoms with Crippen molar-refractivity contribution in [2.45, 2.75) is 25.9 Å². The molecule has 1 aromatic carbocycles. The summed E-state index contributed by atoms with van der Waals surface area (Å²) in [7, 11) is 0. The van der Waals surface area contributed by atoms with Gasteiger partial charge >= 0.3 is 0 Å². The van der Waals surface area contributed by atoms with Crippen molar-refractivity contribution in [3.8, 4) is 5.75 Å². The summed E-state index contributed by atoms with van der Waals surface area (Å²) < 4.78 is 0. The van der Waals surface area contributed by atoms with Crippen LogP contribution in [-0.4, -0.2) is 35.7 Å². The minimum Gasteiger partial charge on any atom is -0.508 e. The van der Waals surface area contributed by atoms with E-state index in [1.165, 1.54) is 0 Å². The Kier molecular flexibility index (Phi) is 4.26. The number of nitrogens with one attached hydrogen (secondary N) is 1. The maximum absolute atomic E-state index is 9.85. The maximum Gasteiger partial charge on any atom is 0.121 e. The molecule has 0 spiro atoms. The van der Waals surface area contributed by atoms with E-state index < -0.39 is 0 Å². The highest BCUT2D eigenvalue weighted by Gasteiger charge is 2.25. The molecule has 1 fully saturated rings. The number of halogens is 1. The minimum absolute atomic E-state index is 0.297. The summed E-state index contributed by atoms with van der Waals surface area (Å²) >= 11 is 6.14. The fourth-order valence-electron chi connectivity index (χ4n) is 2.12.